The number of hydrogen-bond acceptors (Lipinski definition) is 13. The molecule has 15 nitrogen and oxygen atoms in total. The van der Waals surface area contributed by atoms with Gasteiger partial charge in [0.15, 0.2) is 5.78 Å². The molecule has 2 saturated heterocycles. The van der Waals surface area contributed by atoms with Crippen LogP contribution in [0.3, 0.4) is 0 Å². The minimum Gasteiger partial charge on any atom is -0.495 e. The Morgan fingerprint density at radius 2 is 1.64 bits per heavy atom. The number of aliphatic hydroxyl groups is 3. The molecule has 74 heavy (non-hydrogen) atoms. The van der Waals surface area contributed by atoms with Gasteiger partial charge in [0.25, 0.3) is 11.7 Å². The molecule has 4 heterocycles. The Balaban J connectivity index is 1.36. The smallest absolute Gasteiger partial charge is 0.329 e. The first-order valence-electron chi connectivity index (χ1n) is 27.0. The van der Waals surface area contributed by atoms with Crippen molar-refractivity contribution >= 4 is 40.1 Å². The number of esters is 1. The molecule has 3 aliphatic heterocycles. The van der Waals surface area contributed by atoms with Gasteiger partial charge < -0.3 is 48.9 Å². The number of carbonyl (C=O) groups is 5. The summed E-state index contributed by atoms with van der Waals surface area (Å²) in [4.78, 5) is 76.5. The zero-order chi connectivity index (χ0) is 54.0. The fourth-order valence-corrected chi connectivity index (χ4v) is 11.9. The number of H-pyrrole nitrogens is 1. The average Bonchev–Trinajstić information content (AvgIpc) is 3.82. The average molecular weight is 1030 g/mol. The fourth-order valence-electron chi connectivity index (χ4n) is 11.9. The highest BCUT2D eigenvalue weighted by Gasteiger charge is 2.53. The molecular weight excluding hydrogens is 945 g/mol. The molecule has 1 aliphatic carbocycles. The van der Waals surface area contributed by atoms with Gasteiger partial charge in [-0.15, -0.1) is 0 Å². The molecule has 6 rings (SSSR count). The molecule has 1 aromatic heterocycles. The monoisotopic (exact) mass is 1030 g/mol. The van der Waals surface area contributed by atoms with Crippen LogP contribution in [-0.2, 0) is 42.9 Å². The van der Waals surface area contributed by atoms with Crippen molar-refractivity contribution in [1.29, 1.82) is 0 Å². The molecule has 1 aromatic carbocycles. The Morgan fingerprint density at radius 3 is 2.35 bits per heavy atom. The third-order valence-corrected chi connectivity index (χ3v) is 16.6. The molecule has 4 N–H and O–H groups in total. The number of aromatic amines is 1. The van der Waals surface area contributed by atoms with E-state index in [2.05, 4.69) is 4.98 Å². The van der Waals surface area contributed by atoms with Gasteiger partial charge in [0.2, 0.25) is 5.79 Å². The molecule has 15 atom stereocenters. The first-order valence-corrected chi connectivity index (χ1v) is 27.0. The van der Waals surface area contributed by atoms with E-state index in [0.29, 0.717) is 75.5 Å². The maximum Gasteiger partial charge on any atom is 0.329 e. The van der Waals surface area contributed by atoms with Gasteiger partial charge in [-0.3, -0.25) is 19.2 Å². The molecular formula is C59H84N2O13. The predicted molar refractivity (Wildman–Crippen MR) is 282 cm³/mol. The number of piperidine rings is 1. The van der Waals surface area contributed by atoms with Crippen LogP contribution in [0, 0.1) is 35.5 Å². The van der Waals surface area contributed by atoms with E-state index in [0.717, 1.165) is 22.0 Å². The summed E-state index contributed by atoms with van der Waals surface area (Å²) in [7, 11) is 4.57. The predicted octanol–water partition coefficient (Wildman–Crippen LogP) is 8.44. The number of methoxy groups -OCH3 is 3. The first kappa shape index (κ1) is 58.5. The molecule has 2 aromatic rings. The summed E-state index contributed by atoms with van der Waals surface area (Å²) in [5.41, 5.74) is 3.19. The van der Waals surface area contributed by atoms with E-state index in [1.807, 2.05) is 82.5 Å². The molecule has 0 radical (unpaired) electrons. The molecule has 0 unspecified atom stereocenters. The lowest BCUT2D eigenvalue weighted by atomic mass is 9.78. The number of aliphatic hydroxyl groups excluding tert-OH is 2. The minimum absolute atomic E-state index is 0.00709. The van der Waals surface area contributed by atoms with Gasteiger partial charge in [0, 0.05) is 62.4 Å². The summed E-state index contributed by atoms with van der Waals surface area (Å²) in [5, 5.41) is 35.3. The van der Waals surface area contributed by atoms with Crippen LogP contribution in [0.5, 0.6) is 5.75 Å². The second-order valence-corrected chi connectivity index (χ2v) is 22.0. The Bertz CT molecular complexity index is 2400. The minimum atomic E-state index is -2.48. The summed E-state index contributed by atoms with van der Waals surface area (Å²) in [6.07, 6.45) is 13.5. The number of ketones is 3. The van der Waals surface area contributed by atoms with E-state index < -0.39 is 77.8 Å². The zero-order valence-corrected chi connectivity index (χ0v) is 45.4. The van der Waals surface area contributed by atoms with Gasteiger partial charge in [-0.25, -0.2) is 4.79 Å². The summed E-state index contributed by atoms with van der Waals surface area (Å²) in [6, 6.07) is 4.81. The van der Waals surface area contributed by atoms with Crippen molar-refractivity contribution in [3.63, 3.8) is 0 Å². The maximum absolute atomic E-state index is 14.6. The number of rotatable bonds is 7. The number of aromatic nitrogens is 1. The Kier molecular flexibility index (Phi) is 20.8. The highest BCUT2D eigenvalue weighted by molar-refractivity contribution is 6.39. The standard InChI is InChI=1S/C59H84N2O13/c1-34-17-12-11-13-18-35(2)45(43-19-16-20-44-51(71-9)33-60-52(43)44)31-42-24-22-40(7)59(69,74-42)56(66)57(67)61-26-15-14-21-46(61)58(68)73-49(37(4)29-41-23-25-47(62)50(30-41)70-8)32-48(63)36(3)28-39(6)54(65)55(72-10)53(64)38(5)27-34/h11-13,16-20,28,33-34,36-38,40-42,45-47,49-50,54-55,60,62,65,69H,14-15,21-27,29-32H2,1-10H3/b13-11+,17-12+,35-18+,39-28+/t34-,36-,37-,38-,40-,41+,42+,45+,46+,47-,49+,50-,54-,55+,59-/m1/s1. The number of hydrogen-bond donors (Lipinski definition) is 4. The van der Waals surface area contributed by atoms with Crippen molar-refractivity contribution in [2.24, 2.45) is 35.5 Å². The molecule has 2 bridgehead atoms. The third-order valence-electron chi connectivity index (χ3n) is 16.6. The zero-order valence-electron chi connectivity index (χ0n) is 45.4. The molecule has 408 valence electrons. The number of carbonyl (C=O) groups excluding carboxylic acids is 5. The number of Topliss-reactive ketones (excluding diaryl/α,β-unsaturated/α-hetero) is 3. The quantitative estimate of drug-likeness (QED) is 0.117. The van der Waals surface area contributed by atoms with Crippen molar-refractivity contribution < 1.29 is 63.0 Å². The number of para-hydroxylation sites is 1. The number of cyclic esters (lactones) is 1. The van der Waals surface area contributed by atoms with Gasteiger partial charge >= 0.3 is 5.97 Å². The van der Waals surface area contributed by atoms with Crippen molar-refractivity contribution in [2.75, 3.05) is 27.9 Å². The summed E-state index contributed by atoms with van der Waals surface area (Å²) in [5.74, 6) is -7.73. The van der Waals surface area contributed by atoms with E-state index in [-0.39, 0.29) is 60.7 Å². The highest BCUT2D eigenvalue weighted by atomic mass is 16.6. The lowest BCUT2D eigenvalue weighted by molar-refractivity contribution is -0.264. The Hall–Kier alpha value is -4.77. The summed E-state index contributed by atoms with van der Waals surface area (Å²) in [6.45, 7) is 12.9. The number of benzene rings is 1. The number of nitrogens with zero attached hydrogens (tertiary/aromatic N) is 1. The molecule has 3 fully saturated rings. The molecule has 1 saturated carbocycles. The van der Waals surface area contributed by atoms with Crippen LogP contribution in [0.2, 0.25) is 0 Å². The number of ether oxygens (including phenoxy) is 5. The molecule has 15 heteroatoms. The third kappa shape index (κ3) is 13.8. The van der Waals surface area contributed by atoms with Crippen LogP contribution in [0.15, 0.2) is 72.0 Å². The van der Waals surface area contributed by atoms with Crippen molar-refractivity contribution in [1.82, 2.24) is 9.88 Å². The van der Waals surface area contributed by atoms with E-state index in [1.165, 1.54) is 12.0 Å². The van der Waals surface area contributed by atoms with Crippen LogP contribution < -0.4 is 4.74 Å². The van der Waals surface area contributed by atoms with Crippen LogP contribution in [0.4, 0.5) is 0 Å². The van der Waals surface area contributed by atoms with E-state index in [4.69, 9.17) is 23.7 Å². The van der Waals surface area contributed by atoms with Gasteiger partial charge in [0.1, 0.15) is 35.9 Å². The lowest BCUT2D eigenvalue weighted by Gasteiger charge is -2.43. The highest BCUT2D eigenvalue weighted by Crippen LogP contribution is 2.42. The van der Waals surface area contributed by atoms with Crippen LogP contribution >= 0.6 is 0 Å². The molecule has 1 amide bonds. The van der Waals surface area contributed by atoms with E-state index in [9.17, 15) is 39.3 Å². The van der Waals surface area contributed by atoms with Gasteiger partial charge in [-0.05, 0) is 119 Å². The first-order chi connectivity index (χ1) is 35.2. The van der Waals surface area contributed by atoms with Gasteiger partial charge in [0.05, 0.1) is 30.9 Å². The second kappa shape index (κ2) is 26.3. The van der Waals surface area contributed by atoms with E-state index >= 15 is 0 Å². The number of nitrogens with one attached hydrogen (secondary N) is 1. The summed E-state index contributed by atoms with van der Waals surface area (Å²) < 4.78 is 29.7. The number of fused-ring (bicyclic) bond motifs is 4. The van der Waals surface area contributed by atoms with Crippen LogP contribution in [-0.4, -0.2) is 131 Å². The van der Waals surface area contributed by atoms with Crippen molar-refractivity contribution in [3.05, 3.63) is 77.6 Å². The molecule has 0 spiro atoms. The van der Waals surface area contributed by atoms with Gasteiger partial charge in [-0.2, -0.15) is 0 Å². The lowest BCUT2D eigenvalue weighted by Crippen LogP contribution is -2.60. The summed E-state index contributed by atoms with van der Waals surface area (Å²) >= 11 is 0. The van der Waals surface area contributed by atoms with Gasteiger partial charge in [-0.1, -0.05) is 88.8 Å². The van der Waals surface area contributed by atoms with Crippen LogP contribution in [0.1, 0.15) is 137 Å². The normalized spacial score (nSPS) is 37.0. The largest absolute Gasteiger partial charge is 0.495 e. The topological polar surface area (TPSA) is 211 Å². The Labute approximate surface area is 438 Å². The number of allylic oxidation sites excluding steroid dienone is 7. The molecule has 4 aliphatic rings. The van der Waals surface area contributed by atoms with Crippen molar-refractivity contribution in [3.8, 4) is 5.75 Å². The SMILES string of the molecule is COc1c[nH]c2c([C@H]3C[C@@H]4CC[C@@H](C)[C@@](O)(O4)C(=O)C(=O)N4CCCC[C@H]4C(=O)O[C@H]([C@H](C)C[C@@H]4CC[C@@H](O)[C@H](OC)C4)CC(=O)[C@H](C)/C=C(\C)[C@@H](O)[C@@H](OC)C(=O)[C@H](C)C[C@H](C)/C=C/C=C/C=C/3C)cccc12. The number of amides is 1. The van der Waals surface area contributed by atoms with Crippen molar-refractivity contribution in [2.45, 2.75) is 180 Å². The van der Waals surface area contributed by atoms with E-state index in [1.54, 1.807) is 41.1 Å². The maximum atomic E-state index is 14.6. The Morgan fingerprint density at radius 1 is 0.878 bits per heavy atom. The second-order valence-electron chi connectivity index (χ2n) is 22.0. The van der Waals surface area contributed by atoms with Crippen LogP contribution in [0.25, 0.3) is 10.9 Å². The fraction of sp³-hybridized carbons (Fsp3) is 0.644.